The van der Waals surface area contributed by atoms with E-state index in [4.69, 9.17) is 4.42 Å². The minimum atomic E-state index is -0.470. The zero-order valence-electron chi connectivity index (χ0n) is 13.4. The number of hydrogen-bond acceptors (Lipinski definition) is 9. The van der Waals surface area contributed by atoms with Gasteiger partial charge in [0.1, 0.15) is 4.88 Å². The van der Waals surface area contributed by atoms with Crippen molar-refractivity contribution in [2.75, 3.05) is 12.4 Å². The van der Waals surface area contributed by atoms with Gasteiger partial charge in [0.25, 0.3) is 0 Å². The van der Waals surface area contributed by atoms with E-state index in [9.17, 15) is 9.59 Å². The lowest BCUT2D eigenvalue weighted by atomic mass is 10.3. The summed E-state index contributed by atoms with van der Waals surface area (Å²) in [7, 11) is 1.30. The lowest BCUT2D eigenvalue weighted by Crippen LogP contribution is -2.12. The summed E-state index contributed by atoms with van der Waals surface area (Å²) in [4.78, 5) is 28.1. The molecule has 0 saturated carbocycles. The molecule has 130 valence electrons. The largest absolute Gasteiger partial charge is 0.465 e. The Labute approximate surface area is 150 Å². The average Bonchev–Trinajstić information content (AvgIpc) is 3.32. The maximum absolute atomic E-state index is 12.0. The molecule has 3 rings (SSSR count). The van der Waals surface area contributed by atoms with Crippen LogP contribution in [0.5, 0.6) is 0 Å². The van der Waals surface area contributed by atoms with E-state index >= 15 is 0 Å². The number of methoxy groups -OCH3 is 1. The molecule has 0 aliphatic rings. The van der Waals surface area contributed by atoms with E-state index < -0.39 is 5.97 Å². The van der Waals surface area contributed by atoms with Crippen molar-refractivity contribution in [2.45, 2.75) is 19.8 Å². The molecule has 0 bridgehead atoms. The summed E-state index contributed by atoms with van der Waals surface area (Å²) in [5.41, 5.74) is 1.38. The normalized spacial score (nSPS) is 10.6. The molecule has 0 aromatic carbocycles. The molecule has 1 N–H and O–H groups in total. The second-order valence-corrected chi connectivity index (χ2v) is 6.77. The number of hydrogen-bond donors (Lipinski definition) is 1. The second kappa shape index (κ2) is 7.53. The molecule has 0 fully saturated rings. The summed E-state index contributed by atoms with van der Waals surface area (Å²) in [5, 5.41) is 14.7. The Kier molecular flexibility index (Phi) is 5.19. The molecule has 0 spiro atoms. The Morgan fingerprint density at radius 1 is 1.36 bits per heavy atom. The molecule has 0 aliphatic carbocycles. The van der Waals surface area contributed by atoms with Crippen molar-refractivity contribution in [1.29, 1.82) is 0 Å². The topological polar surface area (TPSA) is 107 Å². The zero-order valence-corrected chi connectivity index (χ0v) is 15.1. The summed E-state index contributed by atoms with van der Waals surface area (Å²) in [6.45, 7) is 1.68. The second-order valence-electron chi connectivity index (χ2n) is 4.99. The van der Waals surface area contributed by atoms with E-state index in [0.717, 1.165) is 16.9 Å². The number of rotatable bonds is 6. The van der Waals surface area contributed by atoms with Crippen molar-refractivity contribution in [3.63, 3.8) is 0 Å². The van der Waals surface area contributed by atoms with Crippen LogP contribution in [-0.4, -0.2) is 34.2 Å². The molecule has 8 nitrogen and oxygen atoms in total. The van der Waals surface area contributed by atoms with Crippen LogP contribution < -0.4 is 5.32 Å². The van der Waals surface area contributed by atoms with Crippen LogP contribution in [0.3, 0.4) is 0 Å². The quantitative estimate of drug-likeness (QED) is 0.657. The summed E-state index contributed by atoms with van der Waals surface area (Å²) >= 11 is 2.62. The van der Waals surface area contributed by atoms with Gasteiger partial charge in [0.15, 0.2) is 5.13 Å². The highest BCUT2D eigenvalue weighted by molar-refractivity contribution is 7.17. The van der Waals surface area contributed by atoms with E-state index in [1.165, 1.54) is 18.4 Å². The summed E-state index contributed by atoms with van der Waals surface area (Å²) in [6.07, 6.45) is 0.481. The molecule has 0 radical (unpaired) electrons. The first-order valence-electron chi connectivity index (χ1n) is 7.27. The number of thiophene rings is 1. The third kappa shape index (κ3) is 4.09. The Bertz CT molecular complexity index is 885. The number of carbonyl (C=O) groups is 2. The van der Waals surface area contributed by atoms with Crippen LogP contribution in [0.25, 0.3) is 11.5 Å². The third-order valence-electron chi connectivity index (χ3n) is 3.21. The third-order valence-corrected chi connectivity index (χ3v) is 4.95. The number of anilines is 1. The van der Waals surface area contributed by atoms with Crippen molar-refractivity contribution < 1.29 is 18.7 Å². The van der Waals surface area contributed by atoms with Gasteiger partial charge in [0.05, 0.1) is 12.8 Å². The average molecular weight is 378 g/mol. The van der Waals surface area contributed by atoms with Crippen molar-refractivity contribution in [2.24, 2.45) is 0 Å². The van der Waals surface area contributed by atoms with Crippen molar-refractivity contribution in [3.05, 3.63) is 33.3 Å². The lowest BCUT2D eigenvalue weighted by Gasteiger charge is -1.99. The van der Waals surface area contributed by atoms with Crippen molar-refractivity contribution in [1.82, 2.24) is 15.2 Å². The van der Waals surface area contributed by atoms with Gasteiger partial charge in [-0.25, -0.2) is 9.78 Å². The molecule has 0 unspecified atom stereocenters. The van der Waals surface area contributed by atoms with Crippen LogP contribution in [0.1, 0.15) is 27.7 Å². The smallest absolute Gasteiger partial charge is 0.350 e. The highest BCUT2D eigenvalue weighted by atomic mass is 32.1. The summed E-state index contributed by atoms with van der Waals surface area (Å²) < 4.78 is 10.2. The van der Waals surface area contributed by atoms with Gasteiger partial charge in [-0.2, -0.15) is 11.3 Å². The van der Waals surface area contributed by atoms with Gasteiger partial charge in [-0.3, -0.25) is 4.79 Å². The van der Waals surface area contributed by atoms with Gasteiger partial charge in [0, 0.05) is 23.8 Å². The predicted molar refractivity (Wildman–Crippen MR) is 92.8 cm³/mol. The number of esters is 1. The molecule has 3 aromatic rings. The van der Waals surface area contributed by atoms with E-state index in [0.29, 0.717) is 33.9 Å². The molecule has 25 heavy (non-hydrogen) atoms. The number of carbonyl (C=O) groups excluding carboxylic acids is 2. The Balaban J connectivity index is 1.56. The molecule has 1 amide bonds. The Hall–Kier alpha value is -2.59. The van der Waals surface area contributed by atoms with Crippen LogP contribution >= 0.6 is 22.7 Å². The SMILES string of the molecule is COC(=O)c1sc(NC(=O)CCc2nnc(-c3ccsc3)o2)nc1C. The highest BCUT2D eigenvalue weighted by Gasteiger charge is 2.17. The standard InChI is InChI=1S/C15H14N4O4S2/c1-8-12(14(21)22-2)25-15(16-8)17-10(20)3-4-11-18-19-13(23-11)9-5-6-24-7-9/h5-7H,3-4H2,1-2H3,(H,16,17,20). The van der Waals surface area contributed by atoms with Crippen LogP contribution in [-0.2, 0) is 16.0 Å². The fourth-order valence-corrected chi connectivity index (χ4v) is 3.52. The molecule has 0 saturated heterocycles. The molecule has 3 aromatic heterocycles. The van der Waals surface area contributed by atoms with Gasteiger partial charge in [-0.15, -0.1) is 10.2 Å². The minimum Gasteiger partial charge on any atom is -0.465 e. The Morgan fingerprint density at radius 2 is 2.20 bits per heavy atom. The number of ether oxygens (including phenoxy) is 1. The van der Waals surface area contributed by atoms with Crippen LogP contribution in [0.2, 0.25) is 0 Å². The van der Waals surface area contributed by atoms with Gasteiger partial charge in [-0.05, 0) is 18.4 Å². The van der Waals surface area contributed by atoms with E-state index in [-0.39, 0.29) is 12.3 Å². The number of thiazole rings is 1. The van der Waals surface area contributed by atoms with Crippen molar-refractivity contribution >= 4 is 39.7 Å². The summed E-state index contributed by atoms with van der Waals surface area (Å²) in [5.74, 6) is 0.111. The van der Waals surface area contributed by atoms with Crippen LogP contribution in [0.15, 0.2) is 21.2 Å². The lowest BCUT2D eigenvalue weighted by molar-refractivity contribution is -0.116. The van der Waals surface area contributed by atoms with Gasteiger partial charge < -0.3 is 14.5 Å². The highest BCUT2D eigenvalue weighted by Crippen LogP contribution is 2.24. The first-order chi connectivity index (χ1) is 12.1. The van der Waals surface area contributed by atoms with Crippen LogP contribution in [0, 0.1) is 6.92 Å². The molecular formula is C15H14N4O4S2. The number of aromatic nitrogens is 3. The summed E-state index contributed by atoms with van der Waals surface area (Å²) in [6, 6.07) is 1.89. The fourth-order valence-electron chi connectivity index (χ4n) is 1.99. The number of nitrogens with zero attached hydrogens (tertiary/aromatic N) is 3. The van der Waals surface area contributed by atoms with Gasteiger partial charge >= 0.3 is 5.97 Å². The first-order valence-corrected chi connectivity index (χ1v) is 9.03. The molecule has 3 heterocycles. The number of nitrogens with one attached hydrogen (secondary N) is 1. The minimum absolute atomic E-state index is 0.164. The Morgan fingerprint density at radius 3 is 2.92 bits per heavy atom. The zero-order chi connectivity index (χ0) is 17.8. The number of aryl methyl sites for hydroxylation is 2. The van der Waals surface area contributed by atoms with Crippen LogP contribution in [0.4, 0.5) is 5.13 Å². The van der Waals surface area contributed by atoms with E-state index in [1.807, 2.05) is 16.8 Å². The first kappa shape index (κ1) is 17.2. The maximum atomic E-state index is 12.0. The van der Waals surface area contributed by atoms with E-state index in [1.54, 1.807) is 6.92 Å². The molecule has 0 atom stereocenters. The van der Waals surface area contributed by atoms with Gasteiger partial charge in [-0.1, -0.05) is 11.3 Å². The maximum Gasteiger partial charge on any atom is 0.350 e. The van der Waals surface area contributed by atoms with Crippen molar-refractivity contribution in [3.8, 4) is 11.5 Å². The molecule has 10 heteroatoms. The molecular weight excluding hydrogens is 364 g/mol. The fraction of sp³-hybridized carbons (Fsp3) is 0.267. The predicted octanol–water partition coefficient (Wildman–Crippen LogP) is 2.92. The monoisotopic (exact) mass is 378 g/mol. The molecule has 0 aliphatic heterocycles. The number of amides is 1. The van der Waals surface area contributed by atoms with Gasteiger partial charge in [0.2, 0.25) is 17.7 Å². The van der Waals surface area contributed by atoms with E-state index in [2.05, 4.69) is 25.2 Å².